The van der Waals surface area contributed by atoms with Gasteiger partial charge >= 0.3 is 6.18 Å². The second-order valence-corrected chi connectivity index (χ2v) is 5.42. The van der Waals surface area contributed by atoms with Crippen LogP contribution in [0.2, 0.25) is 0 Å². The van der Waals surface area contributed by atoms with Crippen LogP contribution in [-0.2, 0) is 6.18 Å². The van der Waals surface area contributed by atoms with Crippen LogP contribution in [0.3, 0.4) is 0 Å². The van der Waals surface area contributed by atoms with E-state index in [1.807, 2.05) is 0 Å². The van der Waals surface area contributed by atoms with E-state index in [-0.39, 0.29) is 16.0 Å². The molecule has 1 unspecified atom stereocenters. The number of imidazole rings is 1. The van der Waals surface area contributed by atoms with Gasteiger partial charge in [0.05, 0.1) is 11.3 Å². The molecule has 1 heterocycles. The smallest absolute Gasteiger partial charge is 0.233 e. The standard InChI is InChI=1S/C12H8Cl2F4N2S/c1-6(9-5-19(13)11(21)20(9)14)7-3-2-4-8(10(7)15)12(16,17)18/h2-6H,1H3. The summed E-state index contributed by atoms with van der Waals surface area (Å²) in [6.45, 7) is 1.51. The highest BCUT2D eigenvalue weighted by atomic mass is 35.5. The summed E-state index contributed by atoms with van der Waals surface area (Å²) in [4.78, 5) is 0. The molecule has 0 aliphatic heterocycles. The van der Waals surface area contributed by atoms with Gasteiger partial charge in [-0.3, -0.25) is 0 Å². The maximum atomic E-state index is 14.1. The maximum absolute atomic E-state index is 14.1. The first-order chi connectivity index (χ1) is 9.64. The van der Waals surface area contributed by atoms with Crippen LogP contribution in [0.1, 0.15) is 29.7 Å². The van der Waals surface area contributed by atoms with E-state index in [4.69, 9.17) is 35.8 Å². The fourth-order valence-corrected chi connectivity index (χ4v) is 2.60. The minimum atomic E-state index is -4.77. The van der Waals surface area contributed by atoms with Crippen molar-refractivity contribution >= 4 is 35.8 Å². The van der Waals surface area contributed by atoms with E-state index in [0.717, 1.165) is 14.2 Å². The number of halogens is 6. The van der Waals surface area contributed by atoms with Crippen molar-refractivity contribution in [3.63, 3.8) is 0 Å². The third kappa shape index (κ3) is 2.95. The molecule has 0 amide bonds. The van der Waals surface area contributed by atoms with E-state index in [1.54, 1.807) is 0 Å². The van der Waals surface area contributed by atoms with Gasteiger partial charge in [-0.15, -0.1) is 0 Å². The zero-order valence-electron chi connectivity index (χ0n) is 10.5. The van der Waals surface area contributed by atoms with Crippen molar-refractivity contribution < 1.29 is 17.6 Å². The Balaban J connectivity index is 2.57. The van der Waals surface area contributed by atoms with Crippen LogP contribution in [0.25, 0.3) is 0 Å². The highest BCUT2D eigenvalue weighted by Gasteiger charge is 2.35. The van der Waals surface area contributed by atoms with Gasteiger partial charge in [-0.2, -0.15) is 13.2 Å². The van der Waals surface area contributed by atoms with E-state index < -0.39 is 23.5 Å². The molecule has 2 nitrogen and oxygen atoms in total. The van der Waals surface area contributed by atoms with Gasteiger partial charge in [-0.05, 0) is 23.8 Å². The molecule has 1 aromatic carbocycles. The summed E-state index contributed by atoms with van der Waals surface area (Å²) in [5.41, 5.74) is -1.18. The van der Waals surface area contributed by atoms with E-state index in [0.29, 0.717) is 6.07 Å². The number of benzene rings is 1. The van der Waals surface area contributed by atoms with Gasteiger partial charge in [0.25, 0.3) is 0 Å². The molecule has 0 spiro atoms. The monoisotopic (exact) mass is 358 g/mol. The Hall–Kier alpha value is -1.05. The van der Waals surface area contributed by atoms with Crippen LogP contribution in [-0.4, -0.2) is 8.17 Å². The van der Waals surface area contributed by atoms with Crippen LogP contribution in [0.5, 0.6) is 0 Å². The minimum Gasteiger partial charge on any atom is -0.233 e. The zero-order chi connectivity index (χ0) is 15.9. The Bertz CT molecular complexity index is 736. The van der Waals surface area contributed by atoms with Crippen LogP contribution >= 0.6 is 35.8 Å². The molecule has 0 fully saturated rings. The number of hydrogen-bond acceptors (Lipinski definition) is 1. The van der Waals surface area contributed by atoms with Crippen molar-refractivity contribution in [3.05, 3.63) is 51.8 Å². The molecule has 2 aromatic rings. The summed E-state index contributed by atoms with van der Waals surface area (Å²) in [5, 5.41) is 0. The number of nitrogens with zero attached hydrogens (tertiary/aromatic N) is 2. The lowest BCUT2D eigenvalue weighted by atomic mass is 9.95. The summed E-state index contributed by atoms with van der Waals surface area (Å²) in [6.07, 6.45) is -3.43. The predicted octanol–water partition coefficient (Wildman–Crippen LogP) is 5.33. The molecule has 0 aliphatic rings. The van der Waals surface area contributed by atoms with Gasteiger partial charge in [0.15, 0.2) is 0 Å². The van der Waals surface area contributed by atoms with Crippen molar-refractivity contribution in [2.24, 2.45) is 0 Å². The normalized spacial score (nSPS) is 13.5. The van der Waals surface area contributed by atoms with E-state index in [9.17, 15) is 17.6 Å². The first-order valence-electron chi connectivity index (χ1n) is 5.66. The molecule has 0 N–H and O–H groups in total. The SMILES string of the molecule is CC(c1cccc(C(F)(F)F)c1F)c1cn(Cl)c(=S)n1Cl. The van der Waals surface area contributed by atoms with Crippen LogP contribution in [0.4, 0.5) is 17.6 Å². The molecule has 0 saturated heterocycles. The highest BCUT2D eigenvalue weighted by Crippen LogP contribution is 2.36. The zero-order valence-corrected chi connectivity index (χ0v) is 12.8. The van der Waals surface area contributed by atoms with Gasteiger partial charge in [0.1, 0.15) is 5.82 Å². The topological polar surface area (TPSA) is 9.86 Å². The fourth-order valence-electron chi connectivity index (χ4n) is 1.96. The average Bonchev–Trinajstić information content (AvgIpc) is 2.65. The molecule has 2 rings (SSSR count). The molecule has 9 heteroatoms. The van der Waals surface area contributed by atoms with Crippen molar-refractivity contribution in [2.75, 3.05) is 0 Å². The Morgan fingerprint density at radius 2 is 1.86 bits per heavy atom. The molecule has 0 aliphatic carbocycles. The molecular weight excluding hydrogens is 351 g/mol. The lowest BCUT2D eigenvalue weighted by Crippen LogP contribution is -2.12. The lowest BCUT2D eigenvalue weighted by molar-refractivity contribution is -0.140. The summed E-state index contributed by atoms with van der Waals surface area (Å²) < 4.78 is 54.4. The van der Waals surface area contributed by atoms with Crippen molar-refractivity contribution in [1.29, 1.82) is 0 Å². The van der Waals surface area contributed by atoms with Gasteiger partial charge < -0.3 is 0 Å². The molecule has 0 saturated carbocycles. The number of alkyl halides is 3. The Morgan fingerprint density at radius 3 is 2.33 bits per heavy atom. The molecule has 0 radical (unpaired) electrons. The van der Waals surface area contributed by atoms with Crippen molar-refractivity contribution in [2.45, 2.75) is 19.0 Å². The van der Waals surface area contributed by atoms with E-state index in [1.165, 1.54) is 19.2 Å². The second kappa shape index (κ2) is 5.62. The quantitative estimate of drug-likeness (QED) is 0.520. The Labute approximate surface area is 132 Å². The fraction of sp³-hybridized carbons (Fsp3) is 0.250. The van der Waals surface area contributed by atoms with Crippen molar-refractivity contribution in [3.8, 4) is 0 Å². The van der Waals surface area contributed by atoms with Crippen molar-refractivity contribution in [1.82, 2.24) is 8.17 Å². The number of aromatic nitrogens is 2. The maximum Gasteiger partial charge on any atom is 0.419 e. The molecule has 1 atom stereocenters. The predicted molar refractivity (Wildman–Crippen MR) is 74.7 cm³/mol. The Morgan fingerprint density at radius 1 is 1.24 bits per heavy atom. The van der Waals surface area contributed by atoms with Gasteiger partial charge in [0.2, 0.25) is 4.77 Å². The summed E-state index contributed by atoms with van der Waals surface area (Å²) in [6, 6.07) is 3.09. The van der Waals surface area contributed by atoms with Gasteiger partial charge in [-0.1, -0.05) is 19.1 Å². The summed E-state index contributed by atoms with van der Waals surface area (Å²) in [7, 11) is 0. The minimum absolute atomic E-state index is 0.0487. The molecular formula is C12H8Cl2F4N2S. The number of rotatable bonds is 2. The van der Waals surface area contributed by atoms with E-state index in [2.05, 4.69) is 0 Å². The molecule has 1 aromatic heterocycles. The highest BCUT2D eigenvalue weighted by molar-refractivity contribution is 7.71. The first kappa shape index (κ1) is 16.3. The number of hydrogen-bond donors (Lipinski definition) is 0. The summed E-state index contributed by atoms with van der Waals surface area (Å²) in [5.74, 6) is -2.09. The molecule has 114 valence electrons. The van der Waals surface area contributed by atoms with Crippen LogP contribution in [0, 0.1) is 10.6 Å². The molecule has 21 heavy (non-hydrogen) atoms. The Kier molecular flexibility index (Phi) is 4.37. The summed E-state index contributed by atoms with van der Waals surface area (Å²) >= 11 is 16.5. The third-order valence-corrected chi connectivity index (χ3v) is 4.26. The lowest BCUT2D eigenvalue weighted by Gasteiger charge is -2.16. The van der Waals surface area contributed by atoms with Gasteiger partial charge in [-0.25, -0.2) is 12.6 Å². The third-order valence-electron chi connectivity index (χ3n) is 3.07. The van der Waals surface area contributed by atoms with Crippen LogP contribution in [0.15, 0.2) is 24.4 Å². The van der Waals surface area contributed by atoms with Gasteiger partial charge in [0, 0.05) is 35.7 Å². The largest absolute Gasteiger partial charge is 0.419 e. The molecule has 0 bridgehead atoms. The van der Waals surface area contributed by atoms with E-state index >= 15 is 0 Å². The first-order valence-corrected chi connectivity index (χ1v) is 6.75. The van der Waals surface area contributed by atoms with Crippen LogP contribution < -0.4 is 0 Å². The second-order valence-electron chi connectivity index (χ2n) is 4.36. The average molecular weight is 359 g/mol.